The SMILES string of the molecule is Oc1c(F)cccc1CNCC1Cc2ccccc21. The zero-order valence-electron chi connectivity index (χ0n) is 10.6. The van der Waals surface area contributed by atoms with Gasteiger partial charge in [0.05, 0.1) is 0 Å². The monoisotopic (exact) mass is 257 g/mol. The smallest absolute Gasteiger partial charge is 0.165 e. The van der Waals surface area contributed by atoms with Crippen LogP contribution in [0.25, 0.3) is 0 Å². The summed E-state index contributed by atoms with van der Waals surface area (Å²) < 4.78 is 13.2. The molecule has 0 amide bonds. The molecule has 3 heteroatoms. The molecular formula is C16H16FNO. The number of fused-ring (bicyclic) bond motifs is 1. The molecule has 3 rings (SSSR count). The lowest BCUT2D eigenvalue weighted by Crippen LogP contribution is -2.28. The van der Waals surface area contributed by atoms with Crippen molar-refractivity contribution in [3.8, 4) is 5.75 Å². The third-order valence-electron chi connectivity index (χ3n) is 3.74. The first-order valence-corrected chi connectivity index (χ1v) is 6.50. The van der Waals surface area contributed by atoms with E-state index in [1.807, 2.05) is 0 Å². The molecule has 1 aliphatic carbocycles. The topological polar surface area (TPSA) is 32.3 Å². The van der Waals surface area contributed by atoms with Crippen molar-refractivity contribution in [2.75, 3.05) is 6.54 Å². The molecule has 0 heterocycles. The third kappa shape index (κ3) is 2.34. The first-order chi connectivity index (χ1) is 9.25. The molecule has 2 aromatic rings. The van der Waals surface area contributed by atoms with Crippen molar-refractivity contribution in [2.24, 2.45) is 0 Å². The lowest BCUT2D eigenvalue weighted by molar-refractivity contribution is 0.421. The van der Waals surface area contributed by atoms with Gasteiger partial charge in [-0.2, -0.15) is 0 Å². The summed E-state index contributed by atoms with van der Waals surface area (Å²) in [5.41, 5.74) is 3.42. The summed E-state index contributed by atoms with van der Waals surface area (Å²) in [5, 5.41) is 12.9. The van der Waals surface area contributed by atoms with Crippen LogP contribution < -0.4 is 5.32 Å². The van der Waals surface area contributed by atoms with Crippen LogP contribution in [-0.4, -0.2) is 11.7 Å². The molecule has 0 aliphatic heterocycles. The molecule has 0 aromatic heterocycles. The number of hydrogen-bond donors (Lipinski definition) is 2. The molecule has 2 N–H and O–H groups in total. The van der Waals surface area contributed by atoms with Gasteiger partial charge in [0.25, 0.3) is 0 Å². The number of hydrogen-bond acceptors (Lipinski definition) is 2. The summed E-state index contributed by atoms with van der Waals surface area (Å²) in [6.07, 6.45) is 1.10. The highest BCUT2D eigenvalue weighted by molar-refractivity contribution is 5.40. The van der Waals surface area contributed by atoms with Gasteiger partial charge in [-0.3, -0.25) is 0 Å². The summed E-state index contributed by atoms with van der Waals surface area (Å²) >= 11 is 0. The second-order valence-corrected chi connectivity index (χ2v) is 4.98. The second kappa shape index (κ2) is 5.02. The van der Waals surface area contributed by atoms with Gasteiger partial charge < -0.3 is 10.4 Å². The summed E-state index contributed by atoms with van der Waals surface area (Å²) in [5.74, 6) is -0.274. The summed E-state index contributed by atoms with van der Waals surface area (Å²) in [6.45, 7) is 1.34. The van der Waals surface area contributed by atoms with E-state index in [1.54, 1.807) is 12.1 Å². The van der Waals surface area contributed by atoms with Crippen LogP contribution in [0.1, 0.15) is 22.6 Å². The van der Waals surface area contributed by atoms with Crippen molar-refractivity contribution in [3.05, 3.63) is 65.0 Å². The predicted octanol–water partition coefficient (Wildman–Crippen LogP) is 2.96. The lowest BCUT2D eigenvalue weighted by Gasteiger charge is -2.30. The zero-order valence-corrected chi connectivity index (χ0v) is 10.6. The third-order valence-corrected chi connectivity index (χ3v) is 3.74. The van der Waals surface area contributed by atoms with Crippen molar-refractivity contribution in [2.45, 2.75) is 18.9 Å². The minimum atomic E-state index is -0.562. The molecule has 19 heavy (non-hydrogen) atoms. The van der Waals surface area contributed by atoms with Gasteiger partial charge >= 0.3 is 0 Å². The Bertz CT molecular complexity index is 597. The molecule has 0 saturated carbocycles. The molecule has 98 valence electrons. The fraction of sp³-hybridized carbons (Fsp3) is 0.250. The molecule has 0 bridgehead atoms. The molecular weight excluding hydrogens is 241 g/mol. The maximum absolute atomic E-state index is 13.2. The van der Waals surface area contributed by atoms with Crippen molar-refractivity contribution in [1.29, 1.82) is 0 Å². The van der Waals surface area contributed by atoms with Crippen LogP contribution in [0.15, 0.2) is 42.5 Å². The maximum Gasteiger partial charge on any atom is 0.165 e. The van der Waals surface area contributed by atoms with E-state index in [4.69, 9.17) is 0 Å². The van der Waals surface area contributed by atoms with Gasteiger partial charge in [-0.15, -0.1) is 0 Å². The number of phenolic OH excluding ortho intramolecular Hbond substituents is 1. The van der Waals surface area contributed by atoms with Gasteiger partial charge in [0.1, 0.15) is 0 Å². The molecule has 2 nitrogen and oxygen atoms in total. The van der Waals surface area contributed by atoms with Crippen LogP contribution in [0.5, 0.6) is 5.75 Å². The largest absolute Gasteiger partial charge is 0.505 e. The quantitative estimate of drug-likeness (QED) is 0.882. The van der Waals surface area contributed by atoms with Crippen molar-refractivity contribution in [1.82, 2.24) is 5.32 Å². The van der Waals surface area contributed by atoms with Gasteiger partial charge in [0.2, 0.25) is 0 Å². The summed E-state index contributed by atoms with van der Waals surface area (Å²) in [6, 6.07) is 13.1. The Balaban J connectivity index is 1.56. The van der Waals surface area contributed by atoms with E-state index in [0.717, 1.165) is 13.0 Å². The second-order valence-electron chi connectivity index (χ2n) is 4.98. The van der Waals surface area contributed by atoms with Crippen LogP contribution in [0.2, 0.25) is 0 Å². The predicted molar refractivity (Wildman–Crippen MR) is 72.7 cm³/mol. The Labute approximate surface area is 111 Å². The summed E-state index contributed by atoms with van der Waals surface area (Å²) in [7, 11) is 0. The molecule has 0 saturated heterocycles. The average Bonchev–Trinajstić information content (AvgIpc) is 2.39. The maximum atomic E-state index is 13.2. The van der Waals surface area contributed by atoms with Crippen LogP contribution in [0, 0.1) is 5.82 Å². The van der Waals surface area contributed by atoms with Crippen LogP contribution in [-0.2, 0) is 13.0 Å². The Hall–Kier alpha value is -1.87. The van der Waals surface area contributed by atoms with E-state index >= 15 is 0 Å². The van der Waals surface area contributed by atoms with Gasteiger partial charge in [0, 0.05) is 24.6 Å². The molecule has 0 spiro atoms. The number of halogens is 1. The fourth-order valence-corrected chi connectivity index (χ4v) is 2.63. The van der Waals surface area contributed by atoms with Gasteiger partial charge in [-0.05, 0) is 23.6 Å². The van der Waals surface area contributed by atoms with E-state index in [9.17, 15) is 9.50 Å². The standard InChI is InChI=1S/C16H16FNO/c17-15-7-3-5-12(16(15)19)9-18-10-13-8-11-4-1-2-6-14(11)13/h1-7,13,18-19H,8-10H2. The normalized spacial score (nSPS) is 16.8. The van der Waals surface area contributed by atoms with E-state index in [0.29, 0.717) is 18.0 Å². The molecule has 0 radical (unpaired) electrons. The Morgan fingerprint density at radius 3 is 2.84 bits per heavy atom. The minimum Gasteiger partial charge on any atom is -0.505 e. The van der Waals surface area contributed by atoms with E-state index in [1.165, 1.54) is 17.2 Å². The number of para-hydroxylation sites is 1. The zero-order chi connectivity index (χ0) is 13.2. The van der Waals surface area contributed by atoms with Crippen molar-refractivity contribution < 1.29 is 9.50 Å². The first-order valence-electron chi connectivity index (χ1n) is 6.50. The Morgan fingerprint density at radius 2 is 2.00 bits per heavy atom. The number of nitrogens with one attached hydrogen (secondary N) is 1. The highest BCUT2D eigenvalue weighted by Gasteiger charge is 2.24. The minimum absolute atomic E-state index is 0.246. The highest BCUT2D eigenvalue weighted by Crippen LogP contribution is 2.34. The van der Waals surface area contributed by atoms with Crippen LogP contribution in [0.3, 0.4) is 0 Å². The lowest BCUT2D eigenvalue weighted by atomic mass is 9.77. The van der Waals surface area contributed by atoms with Gasteiger partial charge in [0.15, 0.2) is 11.6 Å². The van der Waals surface area contributed by atoms with Crippen LogP contribution >= 0.6 is 0 Å². The van der Waals surface area contributed by atoms with Crippen molar-refractivity contribution in [3.63, 3.8) is 0 Å². The van der Waals surface area contributed by atoms with Gasteiger partial charge in [-0.25, -0.2) is 4.39 Å². The number of aromatic hydroxyl groups is 1. The number of benzene rings is 2. The first kappa shape index (κ1) is 12.2. The molecule has 0 fully saturated rings. The number of phenols is 1. The molecule has 1 atom stereocenters. The highest BCUT2D eigenvalue weighted by atomic mass is 19.1. The van der Waals surface area contributed by atoms with E-state index < -0.39 is 5.82 Å². The Kier molecular flexibility index (Phi) is 3.22. The molecule has 1 aliphatic rings. The van der Waals surface area contributed by atoms with Crippen LogP contribution in [0.4, 0.5) is 4.39 Å². The Morgan fingerprint density at radius 1 is 1.16 bits per heavy atom. The van der Waals surface area contributed by atoms with Crippen molar-refractivity contribution >= 4 is 0 Å². The fourth-order valence-electron chi connectivity index (χ4n) is 2.63. The number of rotatable bonds is 4. The summed E-state index contributed by atoms with van der Waals surface area (Å²) in [4.78, 5) is 0. The molecule has 1 unspecified atom stereocenters. The average molecular weight is 257 g/mol. The van der Waals surface area contributed by atoms with E-state index in [2.05, 4.69) is 29.6 Å². The van der Waals surface area contributed by atoms with E-state index in [-0.39, 0.29) is 5.75 Å². The molecule has 2 aromatic carbocycles. The van der Waals surface area contributed by atoms with Gasteiger partial charge in [-0.1, -0.05) is 36.4 Å².